The van der Waals surface area contributed by atoms with Crippen LogP contribution in [0.4, 0.5) is 4.39 Å². The predicted molar refractivity (Wildman–Crippen MR) is 114 cm³/mol. The van der Waals surface area contributed by atoms with Gasteiger partial charge in [0, 0.05) is 37.3 Å². The van der Waals surface area contributed by atoms with E-state index in [1.165, 1.54) is 12.1 Å². The van der Waals surface area contributed by atoms with Crippen LogP contribution in [-0.2, 0) is 17.8 Å². The van der Waals surface area contributed by atoms with E-state index in [1.54, 1.807) is 48.2 Å². The molecule has 158 valence electrons. The minimum absolute atomic E-state index is 0.194. The Kier molecular flexibility index (Phi) is 6.61. The van der Waals surface area contributed by atoms with E-state index in [2.05, 4.69) is 20.7 Å². The van der Waals surface area contributed by atoms with Crippen molar-refractivity contribution < 1.29 is 14.0 Å². The van der Waals surface area contributed by atoms with Crippen LogP contribution in [-0.4, -0.2) is 34.1 Å². The molecule has 3 heterocycles. The summed E-state index contributed by atoms with van der Waals surface area (Å²) < 4.78 is 13.2. The molecule has 0 saturated carbocycles. The number of hydrogen-bond donors (Lipinski definition) is 2. The number of carbonyl (C=O) groups excluding carboxylic acids is 1. The second-order valence-electron chi connectivity index (χ2n) is 7.05. The molecule has 0 unspecified atom stereocenters. The van der Waals surface area contributed by atoms with Crippen LogP contribution in [0.1, 0.15) is 27.2 Å². The van der Waals surface area contributed by atoms with Crippen LogP contribution in [0.25, 0.3) is 5.57 Å². The van der Waals surface area contributed by atoms with Gasteiger partial charge in [-0.05, 0) is 47.9 Å². The molecular weight excluding hydrogens is 397 g/mol. The maximum atomic E-state index is 13.2. The first-order chi connectivity index (χ1) is 15.2. The number of hydrazine groups is 1. The Morgan fingerprint density at radius 2 is 2.03 bits per heavy atom. The van der Waals surface area contributed by atoms with Crippen molar-refractivity contribution in [1.29, 1.82) is 0 Å². The molecule has 2 N–H and O–H groups in total. The van der Waals surface area contributed by atoms with E-state index in [0.717, 1.165) is 22.4 Å². The molecule has 8 heteroatoms. The van der Waals surface area contributed by atoms with Crippen molar-refractivity contribution in [2.24, 2.45) is 0 Å². The fraction of sp³-hybridized carbons (Fsp3) is 0.174. The van der Waals surface area contributed by atoms with Crippen molar-refractivity contribution in [3.8, 4) is 0 Å². The third-order valence-electron chi connectivity index (χ3n) is 4.76. The zero-order chi connectivity index (χ0) is 21.5. The Hall–Kier alpha value is -3.62. The lowest BCUT2D eigenvalue weighted by atomic mass is 10.1. The van der Waals surface area contributed by atoms with Crippen molar-refractivity contribution >= 4 is 11.5 Å². The molecule has 2 aromatic heterocycles. The molecule has 1 amide bonds. The summed E-state index contributed by atoms with van der Waals surface area (Å²) in [6.45, 7) is 1.51. The smallest absolute Gasteiger partial charge is 0.253 e. The fourth-order valence-corrected chi connectivity index (χ4v) is 3.11. The monoisotopic (exact) mass is 419 g/mol. The first-order valence-electron chi connectivity index (χ1n) is 9.92. The Morgan fingerprint density at radius 3 is 2.81 bits per heavy atom. The number of amides is 1. The number of benzene rings is 1. The van der Waals surface area contributed by atoms with Gasteiger partial charge >= 0.3 is 0 Å². The standard InChI is InChI=1S/C23H22FN5O2/c24-21-5-1-3-17(11-21)8-10-28-29-15-20(16-31-29)22-7-6-19(14-26-22)23(30)27-13-18-4-2-9-25-12-18/h1-7,9,11-12,14,16,28H,8,10,13,15H2,(H,27,30). The van der Waals surface area contributed by atoms with E-state index >= 15 is 0 Å². The van der Waals surface area contributed by atoms with Gasteiger partial charge in [0.25, 0.3) is 5.91 Å². The van der Waals surface area contributed by atoms with Crippen LogP contribution in [0.5, 0.6) is 0 Å². The number of nitrogens with one attached hydrogen (secondary N) is 2. The number of hydrogen-bond acceptors (Lipinski definition) is 6. The zero-order valence-electron chi connectivity index (χ0n) is 16.8. The Bertz CT molecular complexity index is 1060. The molecular formula is C23H22FN5O2. The number of hydroxylamine groups is 1. The number of halogens is 1. The molecule has 31 heavy (non-hydrogen) atoms. The highest BCUT2D eigenvalue weighted by Gasteiger charge is 2.18. The van der Waals surface area contributed by atoms with Crippen LogP contribution in [0.3, 0.4) is 0 Å². The van der Waals surface area contributed by atoms with E-state index in [1.807, 2.05) is 18.2 Å². The average Bonchev–Trinajstić information content (AvgIpc) is 3.27. The summed E-state index contributed by atoms with van der Waals surface area (Å²) in [7, 11) is 0. The van der Waals surface area contributed by atoms with Gasteiger partial charge in [-0.3, -0.25) is 14.8 Å². The lowest BCUT2D eigenvalue weighted by molar-refractivity contribution is -0.120. The summed E-state index contributed by atoms with van der Waals surface area (Å²) in [5.41, 5.74) is 7.10. The summed E-state index contributed by atoms with van der Waals surface area (Å²) in [6.07, 6.45) is 7.26. The highest BCUT2D eigenvalue weighted by atomic mass is 19.1. The van der Waals surface area contributed by atoms with Gasteiger partial charge in [-0.1, -0.05) is 23.4 Å². The topological polar surface area (TPSA) is 79.4 Å². The molecule has 0 spiro atoms. The SMILES string of the molecule is O=C(NCc1cccnc1)c1ccc(C2=CON(NCCc3cccc(F)c3)C2)nc1. The molecule has 0 bridgehead atoms. The van der Waals surface area contributed by atoms with Gasteiger partial charge in [0.05, 0.1) is 17.8 Å². The molecule has 1 aliphatic heterocycles. The molecule has 0 aliphatic carbocycles. The third kappa shape index (κ3) is 5.71. The predicted octanol–water partition coefficient (Wildman–Crippen LogP) is 2.88. The van der Waals surface area contributed by atoms with E-state index in [9.17, 15) is 9.18 Å². The maximum Gasteiger partial charge on any atom is 0.253 e. The highest BCUT2D eigenvalue weighted by molar-refractivity contribution is 5.94. The molecule has 0 saturated heterocycles. The zero-order valence-corrected chi connectivity index (χ0v) is 16.8. The van der Waals surface area contributed by atoms with Gasteiger partial charge in [0.1, 0.15) is 12.1 Å². The van der Waals surface area contributed by atoms with Crippen molar-refractivity contribution in [2.45, 2.75) is 13.0 Å². The Balaban J connectivity index is 1.24. The minimum atomic E-state index is -0.237. The Morgan fingerprint density at radius 1 is 1.13 bits per heavy atom. The molecule has 4 rings (SSSR count). The van der Waals surface area contributed by atoms with Gasteiger partial charge in [0.2, 0.25) is 0 Å². The third-order valence-corrected chi connectivity index (χ3v) is 4.76. The Labute approximate surface area is 179 Å². The second-order valence-corrected chi connectivity index (χ2v) is 7.05. The van der Waals surface area contributed by atoms with Crippen molar-refractivity contribution in [3.05, 3.63) is 102 Å². The lowest BCUT2D eigenvalue weighted by Gasteiger charge is -2.15. The summed E-state index contributed by atoms with van der Waals surface area (Å²) in [4.78, 5) is 26.2. The van der Waals surface area contributed by atoms with E-state index in [-0.39, 0.29) is 11.7 Å². The molecule has 0 fully saturated rings. The van der Waals surface area contributed by atoms with Gasteiger partial charge < -0.3 is 10.2 Å². The van der Waals surface area contributed by atoms with Crippen LogP contribution in [0.2, 0.25) is 0 Å². The molecule has 0 atom stereocenters. The number of rotatable bonds is 8. The first kappa shape index (κ1) is 20.6. The lowest BCUT2D eigenvalue weighted by Crippen LogP contribution is -2.36. The largest absolute Gasteiger partial charge is 0.398 e. The highest BCUT2D eigenvalue weighted by Crippen LogP contribution is 2.19. The maximum absolute atomic E-state index is 13.2. The average molecular weight is 419 g/mol. The molecule has 1 aromatic carbocycles. The summed E-state index contributed by atoms with van der Waals surface area (Å²) in [6, 6.07) is 13.8. The van der Waals surface area contributed by atoms with Gasteiger partial charge in [0.15, 0.2) is 0 Å². The number of carbonyl (C=O) groups is 1. The van der Waals surface area contributed by atoms with Crippen LogP contribution in [0, 0.1) is 5.82 Å². The number of pyridine rings is 2. The van der Waals surface area contributed by atoms with Gasteiger partial charge in [-0.15, -0.1) is 0 Å². The molecule has 3 aromatic rings. The van der Waals surface area contributed by atoms with Gasteiger partial charge in [-0.25, -0.2) is 9.82 Å². The number of nitrogens with zero attached hydrogens (tertiary/aromatic N) is 3. The normalized spacial score (nSPS) is 13.5. The molecule has 1 aliphatic rings. The second kappa shape index (κ2) is 9.92. The summed E-state index contributed by atoms with van der Waals surface area (Å²) in [5, 5.41) is 4.45. The van der Waals surface area contributed by atoms with Crippen molar-refractivity contribution in [2.75, 3.05) is 13.1 Å². The number of aromatic nitrogens is 2. The van der Waals surface area contributed by atoms with Crippen molar-refractivity contribution in [3.63, 3.8) is 0 Å². The minimum Gasteiger partial charge on any atom is -0.398 e. The van der Waals surface area contributed by atoms with E-state index in [4.69, 9.17) is 4.84 Å². The molecule has 7 nitrogen and oxygen atoms in total. The van der Waals surface area contributed by atoms with Crippen LogP contribution < -0.4 is 10.7 Å². The van der Waals surface area contributed by atoms with E-state index < -0.39 is 0 Å². The van der Waals surface area contributed by atoms with Crippen molar-refractivity contribution in [1.82, 2.24) is 25.9 Å². The van der Waals surface area contributed by atoms with E-state index in [0.29, 0.717) is 31.6 Å². The van der Waals surface area contributed by atoms with Crippen LogP contribution in [0.15, 0.2) is 73.4 Å². The first-order valence-corrected chi connectivity index (χ1v) is 9.92. The summed E-state index contributed by atoms with van der Waals surface area (Å²) in [5.74, 6) is -0.431. The quantitative estimate of drug-likeness (QED) is 0.585. The van der Waals surface area contributed by atoms with Gasteiger partial charge in [-0.2, -0.15) is 0 Å². The summed E-state index contributed by atoms with van der Waals surface area (Å²) >= 11 is 0. The van der Waals surface area contributed by atoms with Crippen LogP contribution >= 0.6 is 0 Å². The fourth-order valence-electron chi connectivity index (χ4n) is 3.11. The molecule has 0 radical (unpaired) electrons.